The van der Waals surface area contributed by atoms with Crippen LogP contribution in [0.15, 0.2) is 30.6 Å². The Morgan fingerprint density at radius 3 is 2.87 bits per heavy atom. The molecule has 1 unspecified atom stereocenters. The average molecular weight is 337 g/mol. The molecule has 1 amide bonds. The van der Waals surface area contributed by atoms with E-state index in [0.717, 1.165) is 5.82 Å². The van der Waals surface area contributed by atoms with Gasteiger partial charge in [-0.15, -0.1) is 0 Å². The monoisotopic (exact) mass is 336 g/mol. The molecule has 2 rings (SSSR count). The van der Waals surface area contributed by atoms with Gasteiger partial charge in [-0.2, -0.15) is 0 Å². The Labute approximate surface area is 138 Å². The number of nitro groups is 1. The summed E-state index contributed by atoms with van der Waals surface area (Å²) in [5.74, 6) is 0.567. The van der Waals surface area contributed by atoms with Crippen molar-refractivity contribution in [2.24, 2.45) is 5.92 Å². The minimum absolute atomic E-state index is 0.00501. The van der Waals surface area contributed by atoms with Gasteiger partial charge in [-0.05, 0) is 25.0 Å². The van der Waals surface area contributed by atoms with Gasteiger partial charge >= 0.3 is 0 Å². The smallest absolute Gasteiger partial charge is 0.283 e. The van der Waals surface area contributed by atoms with Crippen molar-refractivity contribution in [1.82, 2.24) is 14.9 Å². The summed E-state index contributed by atoms with van der Waals surface area (Å²) in [6, 6.07) is 4.00. The molecule has 1 aromatic heterocycles. The highest BCUT2D eigenvalue weighted by Gasteiger charge is 2.20. The van der Waals surface area contributed by atoms with Gasteiger partial charge < -0.3 is 9.88 Å². The molecular weight excluding hydrogens is 320 g/mol. The van der Waals surface area contributed by atoms with Crippen molar-refractivity contribution < 1.29 is 9.72 Å². The third-order valence-electron chi connectivity index (χ3n) is 3.44. The number of amides is 1. The summed E-state index contributed by atoms with van der Waals surface area (Å²) in [4.78, 5) is 26.7. The first-order valence-electron chi connectivity index (χ1n) is 7.08. The fourth-order valence-electron chi connectivity index (χ4n) is 2.21. The van der Waals surface area contributed by atoms with Crippen molar-refractivity contribution in [2.45, 2.75) is 20.4 Å². The van der Waals surface area contributed by atoms with E-state index in [1.165, 1.54) is 18.2 Å². The summed E-state index contributed by atoms with van der Waals surface area (Å²) in [5, 5.41) is 14.0. The lowest BCUT2D eigenvalue weighted by Gasteiger charge is -2.14. The van der Waals surface area contributed by atoms with Crippen LogP contribution in [0.4, 0.5) is 5.69 Å². The molecule has 0 bridgehead atoms. The fraction of sp³-hybridized carbons (Fsp3) is 0.333. The molecule has 23 heavy (non-hydrogen) atoms. The molecule has 0 spiro atoms. The van der Waals surface area contributed by atoms with Crippen LogP contribution < -0.4 is 5.32 Å². The van der Waals surface area contributed by atoms with E-state index in [0.29, 0.717) is 13.1 Å². The van der Waals surface area contributed by atoms with Gasteiger partial charge in [0.25, 0.3) is 11.6 Å². The van der Waals surface area contributed by atoms with Crippen LogP contribution in [0.5, 0.6) is 0 Å². The molecule has 0 radical (unpaired) electrons. The Morgan fingerprint density at radius 2 is 2.26 bits per heavy atom. The summed E-state index contributed by atoms with van der Waals surface area (Å²) in [6.45, 7) is 4.99. The molecule has 0 aliphatic heterocycles. The maximum Gasteiger partial charge on any atom is 0.283 e. The van der Waals surface area contributed by atoms with E-state index >= 15 is 0 Å². The number of carbonyl (C=O) groups is 1. The lowest BCUT2D eigenvalue weighted by molar-refractivity contribution is -0.385. The molecular formula is C15H17ClN4O3. The number of halogens is 1. The van der Waals surface area contributed by atoms with Gasteiger partial charge in [0.05, 0.1) is 4.92 Å². The van der Waals surface area contributed by atoms with Gasteiger partial charge in [-0.3, -0.25) is 14.9 Å². The van der Waals surface area contributed by atoms with E-state index in [9.17, 15) is 14.9 Å². The standard InChI is InChI=1S/C15H17ClN4O3/c1-10(9-19-6-5-17-11(19)2)8-18-15(21)13-4-3-12(16)7-14(13)20(22)23/h3-7,10H,8-9H2,1-2H3,(H,18,21). The van der Waals surface area contributed by atoms with Crippen molar-refractivity contribution in [1.29, 1.82) is 0 Å². The fourth-order valence-corrected chi connectivity index (χ4v) is 2.37. The number of nitro benzene ring substituents is 1. The first-order valence-corrected chi connectivity index (χ1v) is 7.46. The number of nitrogens with one attached hydrogen (secondary N) is 1. The first-order chi connectivity index (χ1) is 10.9. The van der Waals surface area contributed by atoms with Crippen molar-refractivity contribution in [3.63, 3.8) is 0 Å². The van der Waals surface area contributed by atoms with Gasteiger partial charge in [0.1, 0.15) is 11.4 Å². The van der Waals surface area contributed by atoms with Crippen molar-refractivity contribution in [2.75, 3.05) is 6.54 Å². The highest BCUT2D eigenvalue weighted by molar-refractivity contribution is 6.31. The Kier molecular flexibility index (Phi) is 5.33. The van der Waals surface area contributed by atoms with E-state index in [2.05, 4.69) is 10.3 Å². The van der Waals surface area contributed by atoms with Crippen LogP contribution in [0.1, 0.15) is 23.1 Å². The van der Waals surface area contributed by atoms with Gasteiger partial charge in [0.15, 0.2) is 0 Å². The predicted molar refractivity (Wildman–Crippen MR) is 86.6 cm³/mol. The minimum Gasteiger partial charge on any atom is -0.351 e. The van der Waals surface area contributed by atoms with E-state index < -0.39 is 10.8 Å². The summed E-state index contributed by atoms with van der Waals surface area (Å²) in [6.07, 6.45) is 3.59. The molecule has 0 saturated heterocycles. The number of imidazole rings is 1. The summed E-state index contributed by atoms with van der Waals surface area (Å²) in [7, 11) is 0. The van der Waals surface area contributed by atoms with E-state index in [-0.39, 0.29) is 22.2 Å². The second-order valence-corrected chi connectivity index (χ2v) is 5.80. The van der Waals surface area contributed by atoms with Gasteiger partial charge in [-0.1, -0.05) is 18.5 Å². The molecule has 0 fully saturated rings. The molecule has 8 heteroatoms. The van der Waals surface area contributed by atoms with Crippen LogP contribution in [0.25, 0.3) is 0 Å². The average Bonchev–Trinajstić information content (AvgIpc) is 2.89. The third kappa shape index (κ3) is 4.29. The van der Waals surface area contributed by atoms with Crippen molar-refractivity contribution in [3.8, 4) is 0 Å². The largest absolute Gasteiger partial charge is 0.351 e. The number of aromatic nitrogens is 2. The highest BCUT2D eigenvalue weighted by Crippen LogP contribution is 2.23. The lowest BCUT2D eigenvalue weighted by atomic mass is 10.1. The normalized spacial score (nSPS) is 12.0. The van der Waals surface area contributed by atoms with Crippen LogP contribution in [-0.4, -0.2) is 26.9 Å². The maximum atomic E-state index is 12.2. The van der Waals surface area contributed by atoms with E-state index in [1.807, 2.05) is 24.6 Å². The van der Waals surface area contributed by atoms with Crippen LogP contribution in [0.2, 0.25) is 5.02 Å². The molecule has 1 aromatic carbocycles. The third-order valence-corrected chi connectivity index (χ3v) is 3.68. The number of hydrogen-bond donors (Lipinski definition) is 1. The molecule has 1 atom stereocenters. The van der Waals surface area contributed by atoms with Crippen LogP contribution in [-0.2, 0) is 6.54 Å². The summed E-state index contributed by atoms with van der Waals surface area (Å²) < 4.78 is 1.99. The Balaban J connectivity index is 2.00. The number of benzene rings is 1. The van der Waals surface area contributed by atoms with Gasteiger partial charge in [0.2, 0.25) is 0 Å². The van der Waals surface area contributed by atoms with Crippen molar-refractivity contribution in [3.05, 3.63) is 57.1 Å². The van der Waals surface area contributed by atoms with E-state index in [1.54, 1.807) is 6.20 Å². The highest BCUT2D eigenvalue weighted by atomic mass is 35.5. The molecule has 0 aliphatic carbocycles. The lowest BCUT2D eigenvalue weighted by Crippen LogP contribution is -2.30. The summed E-state index contributed by atoms with van der Waals surface area (Å²) in [5.41, 5.74) is -0.293. The minimum atomic E-state index is -0.612. The number of hydrogen-bond acceptors (Lipinski definition) is 4. The molecule has 2 aromatic rings. The number of rotatable bonds is 6. The SMILES string of the molecule is Cc1nccn1CC(C)CNC(=O)c1ccc(Cl)cc1[N+](=O)[O-]. The van der Waals surface area contributed by atoms with Gasteiger partial charge in [-0.25, -0.2) is 4.98 Å². The number of aryl methyl sites for hydroxylation is 1. The zero-order chi connectivity index (χ0) is 17.0. The Bertz CT molecular complexity index is 729. The zero-order valence-corrected chi connectivity index (χ0v) is 13.6. The molecule has 0 saturated carbocycles. The molecule has 0 aliphatic rings. The first kappa shape index (κ1) is 17.0. The number of carbonyl (C=O) groups excluding carboxylic acids is 1. The molecule has 122 valence electrons. The second-order valence-electron chi connectivity index (χ2n) is 5.36. The van der Waals surface area contributed by atoms with Crippen LogP contribution in [0.3, 0.4) is 0 Å². The van der Waals surface area contributed by atoms with Crippen LogP contribution >= 0.6 is 11.6 Å². The predicted octanol–water partition coefficient (Wildman–Crippen LogP) is 2.82. The Morgan fingerprint density at radius 1 is 1.52 bits per heavy atom. The second kappa shape index (κ2) is 7.23. The van der Waals surface area contributed by atoms with Crippen LogP contribution in [0, 0.1) is 23.0 Å². The number of nitrogens with zero attached hydrogens (tertiary/aromatic N) is 3. The molecule has 7 nitrogen and oxygen atoms in total. The van der Waals surface area contributed by atoms with Gasteiger partial charge in [0, 0.05) is 36.6 Å². The topological polar surface area (TPSA) is 90.1 Å². The molecule has 1 heterocycles. The zero-order valence-electron chi connectivity index (χ0n) is 12.8. The maximum absolute atomic E-state index is 12.2. The molecule has 1 N–H and O–H groups in total. The summed E-state index contributed by atoms with van der Waals surface area (Å²) >= 11 is 5.74. The van der Waals surface area contributed by atoms with E-state index in [4.69, 9.17) is 11.6 Å². The quantitative estimate of drug-likeness (QED) is 0.648. The Hall–Kier alpha value is -2.41. The van der Waals surface area contributed by atoms with Crippen molar-refractivity contribution >= 4 is 23.2 Å².